The van der Waals surface area contributed by atoms with Crippen LogP contribution in [0.4, 0.5) is 4.79 Å². The highest BCUT2D eigenvalue weighted by Gasteiger charge is 2.19. The van der Waals surface area contributed by atoms with E-state index in [-0.39, 0.29) is 12.9 Å². The molecule has 1 saturated heterocycles. The molecule has 1 fully saturated rings. The predicted molar refractivity (Wildman–Crippen MR) is 89.8 cm³/mol. The van der Waals surface area contributed by atoms with Gasteiger partial charge in [-0.3, -0.25) is 0 Å². The lowest BCUT2D eigenvalue weighted by atomic mass is 10.1. The zero-order valence-electron chi connectivity index (χ0n) is 13.3. The number of likely N-dealkylation sites (tertiary alicyclic amines) is 1. The quantitative estimate of drug-likeness (QED) is 0.794. The first kappa shape index (κ1) is 16.3. The molecule has 1 aromatic carbocycles. The number of benzene rings is 1. The van der Waals surface area contributed by atoms with Gasteiger partial charge >= 0.3 is 6.09 Å². The van der Waals surface area contributed by atoms with Gasteiger partial charge in [-0.25, -0.2) is 9.78 Å². The van der Waals surface area contributed by atoms with E-state index < -0.39 is 0 Å². The smallest absolute Gasteiger partial charge is 0.412 e. The van der Waals surface area contributed by atoms with Crippen LogP contribution in [-0.4, -0.2) is 35.9 Å². The lowest BCUT2D eigenvalue weighted by Crippen LogP contribution is -2.29. The Kier molecular flexibility index (Phi) is 4.96. The second-order valence-corrected chi connectivity index (χ2v) is 6.74. The number of hydrogen-bond acceptors (Lipinski definition) is 6. The number of carbonyl (C=O) groups excluding carboxylic acids is 1. The van der Waals surface area contributed by atoms with E-state index in [1.165, 1.54) is 0 Å². The Hall–Kier alpha value is -2.59. The molecule has 0 atom stereocenters. The SMILES string of the molecule is Cc1cnc(-c2cc(C#N)cc(OCOC(=O)N3CCCC3)c2)s1. The van der Waals surface area contributed by atoms with Crippen molar-refractivity contribution >= 4 is 17.4 Å². The molecule has 1 aliphatic heterocycles. The number of ether oxygens (including phenoxy) is 2. The van der Waals surface area contributed by atoms with E-state index in [0.717, 1.165) is 41.4 Å². The van der Waals surface area contributed by atoms with Crippen LogP contribution in [0.1, 0.15) is 23.3 Å². The molecule has 1 aromatic heterocycles. The van der Waals surface area contributed by atoms with Gasteiger partial charge in [-0.15, -0.1) is 11.3 Å². The third kappa shape index (κ3) is 3.84. The normalized spacial score (nSPS) is 13.6. The van der Waals surface area contributed by atoms with Gasteiger partial charge in [-0.1, -0.05) is 0 Å². The van der Waals surface area contributed by atoms with Gasteiger partial charge in [0.25, 0.3) is 0 Å². The summed E-state index contributed by atoms with van der Waals surface area (Å²) in [5, 5.41) is 10.0. The number of nitrogens with zero attached hydrogens (tertiary/aromatic N) is 3. The molecule has 1 amide bonds. The minimum absolute atomic E-state index is 0.180. The van der Waals surface area contributed by atoms with Crippen LogP contribution in [0.5, 0.6) is 5.75 Å². The Balaban J connectivity index is 1.66. The van der Waals surface area contributed by atoms with Gasteiger partial charge in [-0.2, -0.15) is 5.26 Å². The molecule has 2 aromatic rings. The number of amides is 1. The van der Waals surface area contributed by atoms with Crippen molar-refractivity contribution in [3.8, 4) is 22.4 Å². The summed E-state index contributed by atoms with van der Waals surface area (Å²) in [4.78, 5) is 18.9. The van der Waals surface area contributed by atoms with Crippen LogP contribution in [0.2, 0.25) is 0 Å². The second-order valence-electron chi connectivity index (χ2n) is 5.50. The third-order valence-electron chi connectivity index (χ3n) is 3.68. The summed E-state index contributed by atoms with van der Waals surface area (Å²) >= 11 is 1.55. The molecule has 0 saturated carbocycles. The molecule has 0 N–H and O–H groups in total. The first-order chi connectivity index (χ1) is 11.7. The average molecular weight is 343 g/mol. The summed E-state index contributed by atoms with van der Waals surface area (Å²) in [6.07, 6.45) is 3.45. The first-order valence-corrected chi connectivity index (χ1v) is 8.50. The Morgan fingerprint density at radius 3 is 2.83 bits per heavy atom. The number of thiazole rings is 1. The lowest BCUT2D eigenvalue weighted by Gasteiger charge is -2.15. The highest BCUT2D eigenvalue weighted by molar-refractivity contribution is 7.14. The van der Waals surface area contributed by atoms with Crippen molar-refractivity contribution in [2.24, 2.45) is 0 Å². The summed E-state index contributed by atoms with van der Waals surface area (Å²) in [7, 11) is 0. The van der Waals surface area contributed by atoms with E-state index in [4.69, 9.17) is 9.47 Å². The maximum atomic E-state index is 11.8. The zero-order valence-corrected chi connectivity index (χ0v) is 14.1. The van der Waals surface area contributed by atoms with Gasteiger partial charge in [-0.05, 0) is 38.0 Å². The lowest BCUT2D eigenvalue weighted by molar-refractivity contribution is 0.0391. The number of nitriles is 1. The second kappa shape index (κ2) is 7.32. The Labute approximate surface area is 144 Å². The van der Waals surface area contributed by atoms with E-state index in [2.05, 4.69) is 11.1 Å². The minimum atomic E-state index is -0.361. The van der Waals surface area contributed by atoms with Crippen molar-refractivity contribution in [1.29, 1.82) is 5.26 Å². The van der Waals surface area contributed by atoms with Crippen LogP contribution in [0.25, 0.3) is 10.6 Å². The number of hydrogen-bond donors (Lipinski definition) is 0. The van der Waals surface area contributed by atoms with Crippen molar-refractivity contribution in [3.05, 3.63) is 34.8 Å². The Bertz CT molecular complexity index is 776. The van der Waals surface area contributed by atoms with E-state index >= 15 is 0 Å². The van der Waals surface area contributed by atoms with Crippen LogP contribution in [0, 0.1) is 18.3 Å². The number of aromatic nitrogens is 1. The molecule has 0 bridgehead atoms. The summed E-state index contributed by atoms with van der Waals surface area (Å²) in [5.74, 6) is 0.478. The summed E-state index contributed by atoms with van der Waals surface area (Å²) < 4.78 is 10.6. The van der Waals surface area contributed by atoms with E-state index in [9.17, 15) is 10.1 Å². The molecule has 6 nitrogen and oxygen atoms in total. The van der Waals surface area contributed by atoms with Crippen LogP contribution in [0.15, 0.2) is 24.4 Å². The first-order valence-electron chi connectivity index (χ1n) is 7.68. The summed E-state index contributed by atoms with van der Waals surface area (Å²) in [6.45, 7) is 3.26. The van der Waals surface area contributed by atoms with E-state index in [0.29, 0.717) is 11.3 Å². The summed E-state index contributed by atoms with van der Waals surface area (Å²) in [6, 6.07) is 7.29. The molecule has 0 aliphatic carbocycles. The molecular formula is C17H17N3O3S. The molecule has 3 rings (SSSR count). The van der Waals surface area contributed by atoms with Gasteiger partial charge in [0.05, 0.1) is 11.6 Å². The number of aryl methyl sites for hydroxylation is 1. The monoisotopic (exact) mass is 343 g/mol. The molecule has 0 spiro atoms. The summed E-state index contributed by atoms with van der Waals surface area (Å²) in [5.41, 5.74) is 1.29. The molecule has 7 heteroatoms. The maximum Gasteiger partial charge on any atom is 0.412 e. The topological polar surface area (TPSA) is 75.5 Å². The van der Waals surface area contributed by atoms with Crippen molar-refractivity contribution < 1.29 is 14.3 Å². The van der Waals surface area contributed by atoms with Crippen molar-refractivity contribution in [1.82, 2.24) is 9.88 Å². The molecule has 0 radical (unpaired) electrons. The van der Waals surface area contributed by atoms with Gasteiger partial charge < -0.3 is 14.4 Å². The van der Waals surface area contributed by atoms with Gasteiger partial charge in [0.2, 0.25) is 6.79 Å². The van der Waals surface area contributed by atoms with Crippen LogP contribution < -0.4 is 4.74 Å². The average Bonchev–Trinajstić information content (AvgIpc) is 3.26. The van der Waals surface area contributed by atoms with Gasteiger partial charge in [0, 0.05) is 29.7 Å². The molecule has 1 aliphatic rings. The fourth-order valence-electron chi connectivity index (χ4n) is 2.50. The van der Waals surface area contributed by atoms with Gasteiger partial charge in [0.1, 0.15) is 10.8 Å². The standard InChI is InChI=1S/C17H17N3O3S/c1-12-10-19-16(24-12)14-6-13(9-18)7-15(8-14)22-11-23-17(21)20-4-2-3-5-20/h6-8,10H,2-5,11H2,1H3. The van der Waals surface area contributed by atoms with Crippen LogP contribution in [0.3, 0.4) is 0 Å². The molecule has 2 heterocycles. The molecular weight excluding hydrogens is 326 g/mol. The number of carbonyl (C=O) groups is 1. The minimum Gasteiger partial charge on any atom is -0.457 e. The Morgan fingerprint density at radius 2 is 2.17 bits per heavy atom. The highest BCUT2D eigenvalue weighted by atomic mass is 32.1. The van der Waals surface area contributed by atoms with E-state index in [1.54, 1.807) is 40.6 Å². The molecule has 124 valence electrons. The van der Waals surface area contributed by atoms with Crippen LogP contribution >= 0.6 is 11.3 Å². The van der Waals surface area contributed by atoms with E-state index in [1.807, 2.05) is 6.92 Å². The van der Waals surface area contributed by atoms with Crippen LogP contribution in [-0.2, 0) is 4.74 Å². The maximum absolute atomic E-state index is 11.8. The predicted octanol–water partition coefficient (Wildman–Crippen LogP) is 3.56. The van der Waals surface area contributed by atoms with Crippen molar-refractivity contribution in [2.45, 2.75) is 19.8 Å². The van der Waals surface area contributed by atoms with Gasteiger partial charge in [0.15, 0.2) is 0 Å². The largest absolute Gasteiger partial charge is 0.457 e. The Morgan fingerprint density at radius 1 is 1.38 bits per heavy atom. The molecule has 0 unspecified atom stereocenters. The van der Waals surface area contributed by atoms with Crippen molar-refractivity contribution in [3.63, 3.8) is 0 Å². The number of rotatable bonds is 4. The molecule has 24 heavy (non-hydrogen) atoms. The third-order valence-corrected chi connectivity index (χ3v) is 4.64. The highest BCUT2D eigenvalue weighted by Crippen LogP contribution is 2.29. The van der Waals surface area contributed by atoms with Crippen molar-refractivity contribution in [2.75, 3.05) is 19.9 Å². The zero-order chi connectivity index (χ0) is 16.9. The fourth-order valence-corrected chi connectivity index (χ4v) is 3.25. The fraction of sp³-hybridized carbons (Fsp3) is 0.353.